The Kier molecular flexibility index (Phi) is 5.54. The van der Waals surface area contributed by atoms with Gasteiger partial charge in [-0.1, -0.05) is 127 Å². The molecule has 0 bridgehead atoms. The molecule has 9 aromatic rings. The van der Waals surface area contributed by atoms with Crippen LogP contribution in [0.15, 0.2) is 170 Å². The van der Waals surface area contributed by atoms with Crippen LogP contribution in [0, 0.1) is 0 Å². The average molecular weight is 561 g/mol. The summed E-state index contributed by atoms with van der Waals surface area (Å²) in [6, 6.07) is 61.4. The molecule has 0 aliphatic carbocycles. The Morgan fingerprint density at radius 3 is 1.43 bits per heavy atom. The second-order valence-electron chi connectivity index (χ2n) is 11.4. The molecular weight excluding hydrogens is 532 g/mol. The molecule has 0 atom stereocenters. The van der Waals surface area contributed by atoms with Crippen LogP contribution >= 0.6 is 0 Å². The van der Waals surface area contributed by atoms with Crippen molar-refractivity contribution in [1.29, 1.82) is 0 Å². The molecule has 7 aromatic carbocycles. The predicted molar refractivity (Wildman–Crippen MR) is 186 cm³/mol. The van der Waals surface area contributed by atoms with Gasteiger partial charge < -0.3 is 9.13 Å². The maximum absolute atomic E-state index is 2.45. The van der Waals surface area contributed by atoms with Gasteiger partial charge in [-0.05, 0) is 64.7 Å². The molecule has 2 heteroatoms. The molecule has 0 unspecified atom stereocenters. The molecule has 0 fully saturated rings. The molecule has 2 aromatic heterocycles. The molecule has 44 heavy (non-hydrogen) atoms. The molecule has 206 valence electrons. The summed E-state index contributed by atoms with van der Waals surface area (Å²) in [7, 11) is 0. The zero-order valence-corrected chi connectivity index (χ0v) is 24.1. The van der Waals surface area contributed by atoms with E-state index in [1.54, 1.807) is 0 Å². The molecule has 2 heterocycles. The van der Waals surface area contributed by atoms with Crippen LogP contribution in [0.4, 0.5) is 0 Å². The maximum Gasteiger partial charge on any atom is 0.0782 e. The van der Waals surface area contributed by atoms with E-state index in [2.05, 4.69) is 179 Å². The van der Waals surface area contributed by atoms with E-state index in [9.17, 15) is 0 Å². The topological polar surface area (TPSA) is 9.86 Å². The van der Waals surface area contributed by atoms with E-state index in [0.717, 1.165) is 5.69 Å². The minimum atomic E-state index is 1.15. The molecule has 9 rings (SSSR count). The summed E-state index contributed by atoms with van der Waals surface area (Å²) in [6.07, 6.45) is 0. The lowest BCUT2D eigenvalue weighted by Gasteiger charge is -2.15. The number of fused-ring (bicyclic) bond motifs is 6. The van der Waals surface area contributed by atoms with Crippen LogP contribution in [-0.2, 0) is 0 Å². The Bertz CT molecular complexity index is 2440. The molecule has 0 aliphatic heterocycles. The molecule has 0 spiro atoms. The summed E-state index contributed by atoms with van der Waals surface area (Å²) in [5.41, 5.74) is 12.0. The van der Waals surface area contributed by atoms with E-state index < -0.39 is 0 Å². The van der Waals surface area contributed by atoms with Crippen molar-refractivity contribution >= 4 is 43.6 Å². The van der Waals surface area contributed by atoms with Gasteiger partial charge >= 0.3 is 0 Å². The molecule has 0 amide bonds. The largest absolute Gasteiger partial charge is 0.307 e. The third kappa shape index (κ3) is 3.75. The molecule has 0 radical (unpaired) electrons. The number of hydrogen-bond acceptors (Lipinski definition) is 0. The van der Waals surface area contributed by atoms with E-state index in [-0.39, 0.29) is 0 Å². The molecule has 0 N–H and O–H groups in total. The van der Waals surface area contributed by atoms with E-state index in [4.69, 9.17) is 0 Å². The van der Waals surface area contributed by atoms with Crippen molar-refractivity contribution in [1.82, 2.24) is 9.13 Å². The fourth-order valence-electron chi connectivity index (χ4n) is 6.96. The van der Waals surface area contributed by atoms with Crippen molar-refractivity contribution in [2.45, 2.75) is 0 Å². The lowest BCUT2D eigenvalue weighted by molar-refractivity contribution is 1.13. The van der Waals surface area contributed by atoms with Crippen molar-refractivity contribution in [2.24, 2.45) is 0 Å². The molecule has 0 saturated carbocycles. The zero-order chi connectivity index (χ0) is 29.0. The highest BCUT2D eigenvalue weighted by Gasteiger charge is 2.19. The Morgan fingerprint density at radius 1 is 0.295 bits per heavy atom. The summed E-state index contributed by atoms with van der Waals surface area (Å²) < 4.78 is 4.89. The number of nitrogens with zero attached hydrogens (tertiary/aromatic N) is 2. The van der Waals surface area contributed by atoms with E-state index in [1.165, 1.54) is 71.6 Å². The zero-order valence-electron chi connectivity index (χ0n) is 24.1. The smallest absolute Gasteiger partial charge is 0.0782 e. The van der Waals surface area contributed by atoms with Crippen molar-refractivity contribution in [2.75, 3.05) is 0 Å². The van der Waals surface area contributed by atoms with Gasteiger partial charge in [0.2, 0.25) is 0 Å². The van der Waals surface area contributed by atoms with Crippen molar-refractivity contribution < 1.29 is 0 Å². The molecule has 2 nitrogen and oxygen atoms in total. The third-order valence-electron chi connectivity index (χ3n) is 8.90. The normalized spacial score (nSPS) is 11.6. The van der Waals surface area contributed by atoms with E-state index in [0.29, 0.717) is 0 Å². The summed E-state index contributed by atoms with van der Waals surface area (Å²) in [5.74, 6) is 0. The van der Waals surface area contributed by atoms with Crippen molar-refractivity contribution in [3.05, 3.63) is 170 Å². The van der Waals surface area contributed by atoms with Gasteiger partial charge in [0.1, 0.15) is 0 Å². The second kappa shape index (κ2) is 9.86. The Hall–Kier alpha value is -5.86. The first-order valence-electron chi connectivity index (χ1n) is 15.1. The molecule has 0 saturated heterocycles. The van der Waals surface area contributed by atoms with Crippen LogP contribution in [-0.4, -0.2) is 9.13 Å². The highest BCUT2D eigenvalue weighted by molar-refractivity contribution is 6.15. The summed E-state index contributed by atoms with van der Waals surface area (Å²) >= 11 is 0. The number of rotatable bonds is 4. The lowest BCUT2D eigenvalue weighted by Crippen LogP contribution is -2.00. The van der Waals surface area contributed by atoms with Gasteiger partial charge in [-0.3, -0.25) is 0 Å². The van der Waals surface area contributed by atoms with Crippen molar-refractivity contribution in [3.63, 3.8) is 0 Å². The van der Waals surface area contributed by atoms with E-state index in [1.807, 2.05) is 0 Å². The standard InChI is InChI=1S/C42H28N2/c1-2-13-29(14-3-1)30-15-10-16-31(27-30)32-17-11-18-33(28-32)43-38-23-7-6-21-36(38)37-22-12-26-41(42(37)43)44-39-24-8-4-19-34(39)35-20-5-9-25-40(35)44/h1-28H. The van der Waals surface area contributed by atoms with Gasteiger partial charge in [0.15, 0.2) is 0 Å². The first-order chi connectivity index (χ1) is 21.8. The Labute approximate surface area is 255 Å². The minimum absolute atomic E-state index is 1.15. The molecule has 0 aliphatic rings. The average Bonchev–Trinajstić information content (AvgIpc) is 3.62. The predicted octanol–water partition coefficient (Wildman–Crippen LogP) is 11.2. The monoisotopic (exact) mass is 560 g/mol. The van der Waals surface area contributed by atoms with Gasteiger partial charge in [-0.2, -0.15) is 0 Å². The van der Waals surface area contributed by atoms with Crippen LogP contribution in [0.1, 0.15) is 0 Å². The summed E-state index contributed by atoms with van der Waals surface area (Å²) in [4.78, 5) is 0. The van der Waals surface area contributed by atoms with Gasteiger partial charge in [-0.25, -0.2) is 0 Å². The van der Waals surface area contributed by atoms with Crippen LogP contribution < -0.4 is 0 Å². The molecular formula is C42H28N2. The summed E-state index contributed by atoms with van der Waals surface area (Å²) in [5, 5.41) is 5.03. The van der Waals surface area contributed by atoms with Gasteiger partial charge in [0.25, 0.3) is 0 Å². The Balaban J connectivity index is 1.32. The van der Waals surface area contributed by atoms with Crippen LogP contribution in [0.5, 0.6) is 0 Å². The SMILES string of the molecule is c1ccc(-c2cccc(-c3cccc(-n4c5ccccc5c5cccc(-n6c7ccccc7c7ccccc76)c54)c3)c2)cc1. The van der Waals surface area contributed by atoms with Crippen LogP contribution in [0.2, 0.25) is 0 Å². The highest BCUT2D eigenvalue weighted by atomic mass is 15.1. The fourth-order valence-corrected chi connectivity index (χ4v) is 6.96. The van der Waals surface area contributed by atoms with Crippen LogP contribution in [0.25, 0.3) is 77.2 Å². The van der Waals surface area contributed by atoms with Crippen LogP contribution in [0.3, 0.4) is 0 Å². The van der Waals surface area contributed by atoms with Crippen molar-refractivity contribution in [3.8, 4) is 33.6 Å². The quantitative estimate of drug-likeness (QED) is 0.203. The number of aromatic nitrogens is 2. The lowest BCUT2D eigenvalue weighted by atomic mass is 9.99. The van der Waals surface area contributed by atoms with E-state index >= 15 is 0 Å². The number of benzene rings is 7. The van der Waals surface area contributed by atoms with Gasteiger partial charge in [0, 0.05) is 27.2 Å². The maximum atomic E-state index is 2.45. The highest BCUT2D eigenvalue weighted by Crippen LogP contribution is 2.40. The van der Waals surface area contributed by atoms with Gasteiger partial charge in [0.05, 0.1) is 27.8 Å². The minimum Gasteiger partial charge on any atom is -0.307 e. The van der Waals surface area contributed by atoms with Gasteiger partial charge in [-0.15, -0.1) is 0 Å². The number of para-hydroxylation sites is 4. The fraction of sp³-hybridized carbons (Fsp3) is 0. The second-order valence-corrected chi connectivity index (χ2v) is 11.4. The third-order valence-corrected chi connectivity index (χ3v) is 8.90. The number of hydrogen-bond donors (Lipinski definition) is 0. The Morgan fingerprint density at radius 2 is 0.750 bits per heavy atom. The first kappa shape index (κ1) is 24.7. The summed E-state index contributed by atoms with van der Waals surface area (Å²) in [6.45, 7) is 0. The first-order valence-corrected chi connectivity index (χ1v) is 15.1.